The van der Waals surface area contributed by atoms with Crippen LogP contribution >= 0.6 is 11.3 Å². The lowest BCUT2D eigenvalue weighted by Gasteiger charge is -2.33. The van der Waals surface area contributed by atoms with Crippen LogP contribution in [0.15, 0.2) is 53.1 Å². The summed E-state index contributed by atoms with van der Waals surface area (Å²) in [4.78, 5) is 39.4. The van der Waals surface area contributed by atoms with E-state index in [4.69, 9.17) is 10.2 Å². The van der Waals surface area contributed by atoms with Crippen molar-refractivity contribution in [1.29, 1.82) is 0 Å². The highest BCUT2D eigenvalue weighted by atomic mass is 32.1. The number of carbonyl (C=O) groups excluding carboxylic acids is 3. The van der Waals surface area contributed by atoms with E-state index in [0.717, 1.165) is 11.3 Å². The first-order valence-electron chi connectivity index (χ1n) is 10.3. The second kappa shape index (κ2) is 9.27. The highest BCUT2D eigenvalue weighted by Crippen LogP contribution is 2.32. The molecule has 4 N–H and O–H groups in total. The number of thiophene rings is 1. The van der Waals surface area contributed by atoms with Crippen LogP contribution in [0.25, 0.3) is 0 Å². The van der Waals surface area contributed by atoms with Gasteiger partial charge in [0.2, 0.25) is 5.91 Å². The van der Waals surface area contributed by atoms with Crippen LogP contribution in [0, 0.1) is 12.8 Å². The van der Waals surface area contributed by atoms with Gasteiger partial charge in [0, 0.05) is 19.0 Å². The van der Waals surface area contributed by atoms with Gasteiger partial charge in [0.05, 0.1) is 27.5 Å². The average molecular weight is 453 g/mol. The smallest absolute Gasteiger partial charge is 0.291 e. The van der Waals surface area contributed by atoms with E-state index in [1.54, 1.807) is 18.2 Å². The average Bonchev–Trinajstić information content (AvgIpc) is 3.44. The number of para-hydroxylation sites is 2. The molecule has 0 bridgehead atoms. The first kappa shape index (κ1) is 21.6. The Morgan fingerprint density at radius 2 is 1.81 bits per heavy atom. The lowest BCUT2D eigenvalue weighted by molar-refractivity contribution is -0.122. The number of nitrogens with zero attached hydrogens (tertiary/aromatic N) is 1. The normalized spacial score (nSPS) is 14.2. The monoisotopic (exact) mass is 452 g/mol. The minimum atomic E-state index is -0.368. The number of aryl methyl sites for hydroxylation is 1. The van der Waals surface area contributed by atoms with Crippen LogP contribution in [-0.4, -0.2) is 30.8 Å². The second-order valence-electron chi connectivity index (χ2n) is 7.69. The first-order chi connectivity index (χ1) is 15.4. The van der Waals surface area contributed by atoms with E-state index in [2.05, 4.69) is 15.5 Å². The summed E-state index contributed by atoms with van der Waals surface area (Å²) < 4.78 is 5.10. The minimum Gasteiger partial charge on any atom is -0.459 e. The van der Waals surface area contributed by atoms with E-state index in [9.17, 15) is 14.4 Å². The predicted molar refractivity (Wildman–Crippen MR) is 124 cm³/mol. The fourth-order valence-electron chi connectivity index (χ4n) is 3.79. The number of amides is 3. The number of hydrogen-bond acceptors (Lipinski definition) is 6. The number of nitrogens with two attached hydrogens (primary N) is 1. The Morgan fingerprint density at radius 1 is 1.06 bits per heavy atom. The van der Waals surface area contributed by atoms with Crippen molar-refractivity contribution in [3.05, 3.63) is 64.9 Å². The van der Waals surface area contributed by atoms with Crippen LogP contribution in [0.2, 0.25) is 0 Å². The number of furan rings is 1. The van der Waals surface area contributed by atoms with E-state index in [-0.39, 0.29) is 29.4 Å². The molecule has 1 saturated heterocycles. The molecule has 0 unspecified atom stereocenters. The van der Waals surface area contributed by atoms with E-state index < -0.39 is 0 Å². The van der Waals surface area contributed by atoms with Gasteiger partial charge >= 0.3 is 0 Å². The number of primary amides is 1. The van der Waals surface area contributed by atoms with Gasteiger partial charge in [-0.1, -0.05) is 12.1 Å². The summed E-state index contributed by atoms with van der Waals surface area (Å²) in [6.07, 6.45) is 2.82. The molecule has 1 fully saturated rings. The van der Waals surface area contributed by atoms with Gasteiger partial charge in [0.15, 0.2) is 5.76 Å². The third-order valence-corrected chi connectivity index (χ3v) is 6.65. The zero-order chi connectivity index (χ0) is 22.7. The van der Waals surface area contributed by atoms with Gasteiger partial charge in [-0.2, -0.15) is 0 Å². The molecule has 2 aromatic heterocycles. The van der Waals surface area contributed by atoms with Crippen LogP contribution in [0.3, 0.4) is 0 Å². The largest absolute Gasteiger partial charge is 0.459 e. The van der Waals surface area contributed by atoms with Crippen LogP contribution in [-0.2, 0) is 4.79 Å². The predicted octanol–water partition coefficient (Wildman–Crippen LogP) is 3.86. The van der Waals surface area contributed by atoms with Gasteiger partial charge < -0.3 is 25.7 Å². The Labute approximate surface area is 189 Å². The van der Waals surface area contributed by atoms with Crippen molar-refractivity contribution in [1.82, 2.24) is 0 Å². The summed E-state index contributed by atoms with van der Waals surface area (Å²) in [5, 5.41) is 6.33. The molecule has 0 saturated carbocycles. The topological polar surface area (TPSA) is 118 Å². The number of nitrogens with one attached hydrogen (secondary N) is 2. The molecule has 166 valence electrons. The summed E-state index contributed by atoms with van der Waals surface area (Å²) >= 11 is 1.21. The molecule has 8 nitrogen and oxygen atoms in total. The van der Waals surface area contributed by atoms with Crippen molar-refractivity contribution < 1.29 is 18.8 Å². The molecule has 0 radical (unpaired) electrons. The maximum Gasteiger partial charge on any atom is 0.291 e. The van der Waals surface area contributed by atoms with Gasteiger partial charge in [0.1, 0.15) is 0 Å². The first-order valence-corrected chi connectivity index (χ1v) is 11.1. The maximum atomic E-state index is 13.0. The Bertz CT molecular complexity index is 1130. The van der Waals surface area contributed by atoms with Crippen molar-refractivity contribution in [2.24, 2.45) is 11.7 Å². The van der Waals surface area contributed by atoms with Crippen LogP contribution in [0.5, 0.6) is 0 Å². The Balaban J connectivity index is 1.46. The lowest BCUT2D eigenvalue weighted by Crippen LogP contribution is -2.38. The summed E-state index contributed by atoms with van der Waals surface area (Å²) in [6.45, 7) is 3.22. The molecule has 0 spiro atoms. The molecule has 1 aliphatic heterocycles. The van der Waals surface area contributed by atoms with Gasteiger partial charge in [-0.05, 0) is 55.7 Å². The summed E-state index contributed by atoms with van der Waals surface area (Å²) in [5.74, 6) is -0.764. The highest BCUT2D eigenvalue weighted by molar-refractivity contribution is 7.18. The van der Waals surface area contributed by atoms with Gasteiger partial charge in [-0.15, -0.1) is 11.3 Å². The fourth-order valence-corrected chi connectivity index (χ4v) is 4.75. The van der Waals surface area contributed by atoms with Crippen LogP contribution < -0.4 is 21.3 Å². The van der Waals surface area contributed by atoms with Crippen molar-refractivity contribution in [3.63, 3.8) is 0 Å². The molecule has 1 aromatic carbocycles. The van der Waals surface area contributed by atoms with Crippen LogP contribution in [0.4, 0.5) is 16.4 Å². The molecule has 4 rings (SSSR count). The van der Waals surface area contributed by atoms with Gasteiger partial charge in [-0.3, -0.25) is 14.4 Å². The standard InChI is InChI=1S/C23H24N4O4S/c1-14-13-19(26-22(29)18-7-4-12-31-18)32-20(14)23(30)25-16-5-2-3-6-17(16)27-10-8-15(9-11-27)21(24)28/h2-7,12-13,15H,8-11H2,1H3,(H2,24,28)(H,25,30)(H,26,29). The van der Waals surface area contributed by atoms with E-state index in [1.807, 2.05) is 31.2 Å². The lowest BCUT2D eigenvalue weighted by atomic mass is 9.96. The molecule has 0 atom stereocenters. The third kappa shape index (κ3) is 4.67. The van der Waals surface area contributed by atoms with Crippen molar-refractivity contribution in [3.8, 4) is 0 Å². The number of anilines is 3. The molecule has 0 aliphatic carbocycles. The van der Waals surface area contributed by atoms with Crippen molar-refractivity contribution in [2.75, 3.05) is 28.6 Å². The molecular formula is C23H24N4O4S. The minimum absolute atomic E-state index is 0.100. The SMILES string of the molecule is Cc1cc(NC(=O)c2ccco2)sc1C(=O)Nc1ccccc1N1CCC(C(N)=O)CC1. The molecule has 9 heteroatoms. The molecule has 32 heavy (non-hydrogen) atoms. The second-order valence-corrected chi connectivity index (χ2v) is 8.74. The van der Waals surface area contributed by atoms with Crippen LogP contribution in [0.1, 0.15) is 38.6 Å². The maximum absolute atomic E-state index is 13.0. The Morgan fingerprint density at radius 3 is 2.50 bits per heavy atom. The fraction of sp³-hybridized carbons (Fsp3) is 0.261. The summed E-state index contributed by atoms with van der Waals surface area (Å²) in [7, 11) is 0. The molecule has 3 heterocycles. The zero-order valence-corrected chi connectivity index (χ0v) is 18.4. The number of hydrogen-bond donors (Lipinski definition) is 3. The summed E-state index contributed by atoms with van der Waals surface area (Å²) in [5.41, 5.74) is 7.81. The van der Waals surface area contributed by atoms with E-state index in [0.29, 0.717) is 41.5 Å². The molecule has 1 aliphatic rings. The van der Waals surface area contributed by atoms with E-state index in [1.165, 1.54) is 17.6 Å². The third-order valence-electron chi connectivity index (χ3n) is 5.50. The van der Waals surface area contributed by atoms with Gasteiger partial charge in [-0.25, -0.2) is 0 Å². The van der Waals surface area contributed by atoms with Gasteiger partial charge in [0.25, 0.3) is 11.8 Å². The van der Waals surface area contributed by atoms with E-state index >= 15 is 0 Å². The number of benzene rings is 1. The zero-order valence-electron chi connectivity index (χ0n) is 17.6. The Hall–Kier alpha value is -3.59. The summed E-state index contributed by atoms with van der Waals surface area (Å²) in [6, 6.07) is 12.6. The molecule has 3 amide bonds. The van der Waals surface area contributed by atoms with Crippen molar-refractivity contribution in [2.45, 2.75) is 19.8 Å². The Kier molecular flexibility index (Phi) is 6.27. The molecule has 3 aromatic rings. The van der Waals surface area contributed by atoms with Crippen molar-refractivity contribution >= 4 is 45.4 Å². The molecular weight excluding hydrogens is 428 g/mol. The number of rotatable bonds is 6. The quantitative estimate of drug-likeness (QED) is 0.525. The number of carbonyl (C=O) groups is 3. The highest BCUT2D eigenvalue weighted by Gasteiger charge is 2.25. The number of piperidine rings is 1.